The second-order valence-electron chi connectivity index (χ2n) is 7.33. The van der Waals surface area contributed by atoms with Gasteiger partial charge in [-0.25, -0.2) is 0 Å². The van der Waals surface area contributed by atoms with E-state index >= 15 is 0 Å². The highest BCUT2D eigenvalue weighted by molar-refractivity contribution is 5.12. The Labute approximate surface area is 112 Å². The van der Waals surface area contributed by atoms with Crippen molar-refractivity contribution < 1.29 is 0 Å². The Bertz CT molecular complexity index is 326. The van der Waals surface area contributed by atoms with Crippen LogP contribution in [0.3, 0.4) is 0 Å². The maximum Gasteiger partial charge on any atom is 0.0361 e. The lowest BCUT2D eigenvalue weighted by Gasteiger charge is -2.54. The van der Waals surface area contributed by atoms with Crippen LogP contribution in [0.5, 0.6) is 0 Å². The summed E-state index contributed by atoms with van der Waals surface area (Å²) in [5.41, 5.74) is 6.89. The van der Waals surface area contributed by atoms with E-state index in [1.807, 2.05) is 0 Å². The largest absolute Gasteiger partial charge is 0.329 e. The van der Waals surface area contributed by atoms with Gasteiger partial charge in [0.05, 0.1) is 0 Å². The van der Waals surface area contributed by atoms with E-state index in [2.05, 4.69) is 30.6 Å². The molecule has 0 amide bonds. The molecule has 104 valence electrons. The molecule has 3 heteroatoms. The van der Waals surface area contributed by atoms with E-state index in [1.165, 1.54) is 45.3 Å². The van der Waals surface area contributed by atoms with Crippen molar-refractivity contribution in [2.45, 2.75) is 64.1 Å². The Morgan fingerprint density at radius 3 is 2.67 bits per heavy atom. The minimum absolute atomic E-state index is 0.209. The third kappa shape index (κ3) is 1.75. The molecule has 3 unspecified atom stereocenters. The number of hydrogen-bond acceptors (Lipinski definition) is 3. The van der Waals surface area contributed by atoms with Crippen molar-refractivity contribution in [2.75, 3.05) is 26.2 Å². The van der Waals surface area contributed by atoms with E-state index in [0.717, 1.165) is 12.6 Å². The molecule has 3 nitrogen and oxygen atoms in total. The van der Waals surface area contributed by atoms with Crippen LogP contribution in [0.25, 0.3) is 0 Å². The highest BCUT2D eigenvalue weighted by Crippen LogP contribution is 2.56. The van der Waals surface area contributed by atoms with Gasteiger partial charge < -0.3 is 5.73 Å². The van der Waals surface area contributed by atoms with Crippen LogP contribution < -0.4 is 5.73 Å². The van der Waals surface area contributed by atoms with Gasteiger partial charge in [0.2, 0.25) is 0 Å². The van der Waals surface area contributed by atoms with Gasteiger partial charge in [-0.15, -0.1) is 0 Å². The van der Waals surface area contributed by atoms with Gasteiger partial charge in [-0.3, -0.25) is 9.80 Å². The van der Waals surface area contributed by atoms with Crippen molar-refractivity contribution in [3.05, 3.63) is 0 Å². The van der Waals surface area contributed by atoms with Crippen molar-refractivity contribution in [1.82, 2.24) is 9.80 Å². The highest BCUT2D eigenvalue weighted by Gasteiger charge is 2.57. The second kappa shape index (κ2) is 4.19. The van der Waals surface area contributed by atoms with Crippen LogP contribution >= 0.6 is 0 Å². The summed E-state index contributed by atoms with van der Waals surface area (Å²) >= 11 is 0. The molecule has 1 saturated carbocycles. The first kappa shape index (κ1) is 12.9. The second-order valence-corrected chi connectivity index (χ2v) is 7.33. The normalized spacial score (nSPS) is 39.3. The number of fused-ring (bicyclic) bond motifs is 1. The maximum atomic E-state index is 6.21. The third-order valence-electron chi connectivity index (χ3n) is 6.27. The van der Waals surface area contributed by atoms with E-state index in [4.69, 9.17) is 5.73 Å². The summed E-state index contributed by atoms with van der Waals surface area (Å²) in [7, 11) is 0. The summed E-state index contributed by atoms with van der Waals surface area (Å²) in [6.07, 6.45) is 5.50. The summed E-state index contributed by atoms with van der Waals surface area (Å²) in [5, 5.41) is 0. The van der Waals surface area contributed by atoms with Crippen LogP contribution in [0.2, 0.25) is 0 Å². The molecular weight excluding hydrogens is 222 g/mol. The van der Waals surface area contributed by atoms with Gasteiger partial charge in [-0.05, 0) is 51.5 Å². The Morgan fingerprint density at radius 2 is 2.06 bits per heavy atom. The molecule has 3 rings (SSSR count). The van der Waals surface area contributed by atoms with Gasteiger partial charge in [0.15, 0.2) is 0 Å². The molecule has 0 spiro atoms. The van der Waals surface area contributed by atoms with Crippen LogP contribution in [0.4, 0.5) is 0 Å². The molecule has 0 radical (unpaired) electrons. The lowest BCUT2D eigenvalue weighted by atomic mass is 9.80. The maximum absolute atomic E-state index is 6.21. The van der Waals surface area contributed by atoms with Gasteiger partial charge >= 0.3 is 0 Å². The van der Waals surface area contributed by atoms with Gasteiger partial charge in [0.1, 0.15) is 0 Å². The van der Waals surface area contributed by atoms with Crippen LogP contribution in [-0.4, -0.2) is 53.6 Å². The molecule has 2 saturated heterocycles. The zero-order valence-corrected chi connectivity index (χ0v) is 12.3. The minimum Gasteiger partial charge on any atom is -0.329 e. The lowest BCUT2D eigenvalue weighted by Crippen LogP contribution is -2.67. The van der Waals surface area contributed by atoms with Crippen molar-refractivity contribution in [3.8, 4) is 0 Å². The minimum atomic E-state index is 0.209. The Morgan fingerprint density at radius 1 is 1.33 bits per heavy atom. The molecule has 2 N–H and O–H groups in total. The number of rotatable bonds is 3. The molecule has 3 aliphatic rings. The predicted molar refractivity (Wildman–Crippen MR) is 75.6 cm³/mol. The zero-order chi connectivity index (χ0) is 13.0. The molecule has 0 aromatic heterocycles. The molecule has 3 fully saturated rings. The number of piperazine rings is 1. The van der Waals surface area contributed by atoms with E-state index in [0.29, 0.717) is 11.5 Å². The molecular formula is C15H29N3. The first-order valence-electron chi connectivity index (χ1n) is 7.71. The molecule has 0 bridgehead atoms. The molecule has 1 aliphatic carbocycles. The Kier molecular flexibility index (Phi) is 3.00. The average molecular weight is 251 g/mol. The highest BCUT2D eigenvalue weighted by atomic mass is 15.4. The van der Waals surface area contributed by atoms with Gasteiger partial charge in [0.25, 0.3) is 0 Å². The molecule has 3 atom stereocenters. The van der Waals surface area contributed by atoms with Crippen molar-refractivity contribution >= 4 is 0 Å². The fourth-order valence-corrected chi connectivity index (χ4v) is 4.31. The fraction of sp³-hybridized carbons (Fsp3) is 1.00. The smallest absolute Gasteiger partial charge is 0.0361 e. The van der Waals surface area contributed by atoms with Crippen molar-refractivity contribution in [2.24, 2.45) is 11.1 Å². The molecule has 2 aliphatic heterocycles. The summed E-state index contributed by atoms with van der Waals surface area (Å²) in [6, 6.07) is 1.46. The van der Waals surface area contributed by atoms with Crippen molar-refractivity contribution in [3.63, 3.8) is 0 Å². The number of nitrogens with two attached hydrogens (primary N) is 1. The van der Waals surface area contributed by atoms with Gasteiger partial charge in [0, 0.05) is 37.3 Å². The van der Waals surface area contributed by atoms with E-state index < -0.39 is 0 Å². The predicted octanol–water partition coefficient (Wildman–Crippen LogP) is 1.67. The zero-order valence-electron chi connectivity index (χ0n) is 12.3. The molecule has 2 heterocycles. The summed E-state index contributed by atoms with van der Waals surface area (Å²) in [4.78, 5) is 5.46. The lowest BCUT2D eigenvalue weighted by molar-refractivity contribution is -0.0438. The Balaban J connectivity index is 1.81. The molecule has 0 aromatic rings. The topological polar surface area (TPSA) is 32.5 Å². The monoisotopic (exact) mass is 251 g/mol. The molecule has 18 heavy (non-hydrogen) atoms. The Hall–Kier alpha value is -0.120. The average Bonchev–Trinajstić information content (AvgIpc) is 2.95. The standard InChI is InChI=1S/C15H29N3/c1-12-9-17-8-4-5-13(17)10-18(12)15(3,11-16)14(2)6-7-14/h12-13H,4-11,16H2,1-3H3. The van der Waals surface area contributed by atoms with E-state index in [1.54, 1.807) is 0 Å². The SMILES string of the molecule is CC1CN2CCCC2CN1C(C)(CN)C1(C)CC1. The van der Waals surface area contributed by atoms with Crippen molar-refractivity contribution in [1.29, 1.82) is 0 Å². The summed E-state index contributed by atoms with van der Waals surface area (Å²) < 4.78 is 0. The van der Waals surface area contributed by atoms with Gasteiger partial charge in [-0.1, -0.05) is 6.92 Å². The molecule has 0 aromatic carbocycles. The summed E-state index contributed by atoms with van der Waals surface area (Å²) in [6.45, 7) is 11.9. The number of hydrogen-bond donors (Lipinski definition) is 1. The number of nitrogens with zero attached hydrogens (tertiary/aromatic N) is 2. The summed E-state index contributed by atoms with van der Waals surface area (Å²) in [5.74, 6) is 0. The van der Waals surface area contributed by atoms with Crippen LogP contribution in [0, 0.1) is 5.41 Å². The van der Waals surface area contributed by atoms with E-state index in [-0.39, 0.29) is 5.54 Å². The van der Waals surface area contributed by atoms with Crippen LogP contribution in [0.1, 0.15) is 46.5 Å². The fourth-order valence-electron chi connectivity index (χ4n) is 4.31. The first-order chi connectivity index (χ1) is 8.50. The first-order valence-corrected chi connectivity index (χ1v) is 7.71. The van der Waals surface area contributed by atoms with Crippen LogP contribution in [-0.2, 0) is 0 Å². The van der Waals surface area contributed by atoms with Crippen LogP contribution in [0.15, 0.2) is 0 Å². The quantitative estimate of drug-likeness (QED) is 0.828. The van der Waals surface area contributed by atoms with E-state index in [9.17, 15) is 0 Å². The third-order valence-corrected chi connectivity index (χ3v) is 6.27. The van der Waals surface area contributed by atoms with Gasteiger partial charge in [-0.2, -0.15) is 0 Å².